The molecule has 0 spiro atoms. The van der Waals surface area contributed by atoms with E-state index in [1.165, 1.54) is 11.3 Å². The lowest BCUT2D eigenvalue weighted by molar-refractivity contribution is -0.116. The summed E-state index contributed by atoms with van der Waals surface area (Å²) < 4.78 is 0. The Kier molecular flexibility index (Phi) is 5.72. The monoisotopic (exact) mass is 417 g/mol. The van der Waals surface area contributed by atoms with Crippen molar-refractivity contribution >= 4 is 44.7 Å². The van der Waals surface area contributed by atoms with E-state index in [9.17, 15) is 14.7 Å². The number of aromatic nitrogens is 1. The molecule has 1 aromatic heterocycles. The molecule has 0 saturated heterocycles. The third-order valence-electron chi connectivity index (χ3n) is 4.61. The summed E-state index contributed by atoms with van der Waals surface area (Å²) in [6.45, 7) is 0. The van der Waals surface area contributed by atoms with Crippen LogP contribution in [-0.4, -0.2) is 21.9 Å². The number of thiazole rings is 1. The minimum absolute atomic E-state index is 0.148. The van der Waals surface area contributed by atoms with Crippen molar-refractivity contribution in [1.82, 2.24) is 4.98 Å². The summed E-state index contributed by atoms with van der Waals surface area (Å²) in [5, 5.41) is 18.9. The van der Waals surface area contributed by atoms with Gasteiger partial charge in [0.25, 0.3) is 5.91 Å². The number of hydrogen-bond acceptors (Lipinski definition) is 5. The third-order valence-corrected chi connectivity index (χ3v) is 5.37. The van der Waals surface area contributed by atoms with Crippen molar-refractivity contribution in [2.75, 3.05) is 10.6 Å². The summed E-state index contributed by atoms with van der Waals surface area (Å²) in [7, 11) is 0. The maximum atomic E-state index is 12.6. The smallest absolute Gasteiger partial charge is 0.275 e. The molecule has 0 aliphatic carbocycles. The summed E-state index contributed by atoms with van der Waals surface area (Å²) >= 11 is 1.20. The van der Waals surface area contributed by atoms with E-state index in [4.69, 9.17) is 0 Å². The molecule has 0 atom stereocenters. The van der Waals surface area contributed by atoms with E-state index >= 15 is 0 Å². The number of hydrogen-bond donors (Lipinski definition) is 3. The van der Waals surface area contributed by atoms with Gasteiger partial charge in [-0.2, -0.15) is 0 Å². The summed E-state index contributed by atoms with van der Waals surface area (Å²) in [5.41, 5.74) is 1.89. The Hall–Kier alpha value is -3.71. The van der Waals surface area contributed by atoms with Crippen molar-refractivity contribution in [3.05, 3.63) is 83.4 Å². The Morgan fingerprint density at radius 3 is 2.50 bits per heavy atom. The minimum Gasteiger partial charge on any atom is -0.507 e. The number of phenolic OH excluding ortho intramolecular Hbond substituents is 1. The Balaban J connectivity index is 1.40. The van der Waals surface area contributed by atoms with Gasteiger partial charge in [-0.05, 0) is 24.1 Å². The molecule has 7 heteroatoms. The molecule has 30 heavy (non-hydrogen) atoms. The number of amides is 2. The Morgan fingerprint density at radius 1 is 0.900 bits per heavy atom. The van der Waals surface area contributed by atoms with Crippen molar-refractivity contribution in [1.29, 1.82) is 0 Å². The summed E-state index contributed by atoms with van der Waals surface area (Å²) in [4.78, 5) is 29.0. The van der Waals surface area contributed by atoms with Crippen LogP contribution >= 0.6 is 11.3 Å². The zero-order valence-corrected chi connectivity index (χ0v) is 16.8. The van der Waals surface area contributed by atoms with Crippen LogP contribution in [-0.2, 0) is 11.2 Å². The average Bonchev–Trinajstić information content (AvgIpc) is 3.22. The van der Waals surface area contributed by atoms with Gasteiger partial charge in [0.05, 0.1) is 0 Å². The highest BCUT2D eigenvalue weighted by Crippen LogP contribution is 2.30. The highest BCUT2D eigenvalue weighted by Gasteiger charge is 2.14. The van der Waals surface area contributed by atoms with E-state index in [0.717, 1.165) is 10.9 Å². The topological polar surface area (TPSA) is 91.3 Å². The van der Waals surface area contributed by atoms with E-state index in [-0.39, 0.29) is 23.3 Å². The summed E-state index contributed by atoms with van der Waals surface area (Å²) in [6.07, 6.45) is 0.976. The molecule has 150 valence electrons. The van der Waals surface area contributed by atoms with Crippen LogP contribution in [0.15, 0.2) is 72.1 Å². The van der Waals surface area contributed by atoms with Gasteiger partial charge in [-0.25, -0.2) is 4.98 Å². The molecule has 6 nitrogen and oxygen atoms in total. The maximum absolute atomic E-state index is 12.6. The maximum Gasteiger partial charge on any atom is 0.275 e. The van der Waals surface area contributed by atoms with Crippen LogP contribution in [0.1, 0.15) is 22.5 Å². The van der Waals surface area contributed by atoms with Gasteiger partial charge in [0, 0.05) is 28.3 Å². The van der Waals surface area contributed by atoms with Crippen LogP contribution in [0.5, 0.6) is 5.75 Å². The zero-order valence-electron chi connectivity index (χ0n) is 16.0. The number of fused-ring (bicyclic) bond motifs is 1. The second kappa shape index (κ2) is 8.75. The lowest BCUT2D eigenvalue weighted by Crippen LogP contribution is -2.14. The highest BCUT2D eigenvalue weighted by atomic mass is 32.1. The number of carbonyl (C=O) groups is 2. The molecule has 0 radical (unpaired) electrons. The van der Waals surface area contributed by atoms with Crippen LogP contribution < -0.4 is 10.6 Å². The molecule has 0 bridgehead atoms. The number of phenols is 1. The van der Waals surface area contributed by atoms with Gasteiger partial charge in [-0.1, -0.05) is 54.6 Å². The predicted octanol–water partition coefficient (Wildman–Crippen LogP) is 4.83. The van der Waals surface area contributed by atoms with Crippen molar-refractivity contribution in [2.45, 2.75) is 12.8 Å². The molecular weight excluding hydrogens is 398 g/mol. The molecule has 0 saturated carbocycles. The Labute approximate surface area is 177 Å². The second-order valence-corrected chi connectivity index (χ2v) is 7.56. The van der Waals surface area contributed by atoms with Gasteiger partial charge in [0.15, 0.2) is 5.13 Å². The van der Waals surface area contributed by atoms with E-state index in [2.05, 4.69) is 15.6 Å². The Bertz CT molecular complexity index is 1200. The highest BCUT2D eigenvalue weighted by molar-refractivity contribution is 7.14. The van der Waals surface area contributed by atoms with Gasteiger partial charge >= 0.3 is 0 Å². The number of anilines is 2. The number of nitrogens with one attached hydrogen (secondary N) is 2. The van der Waals surface area contributed by atoms with Crippen LogP contribution in [0.4, 0.5) is 10.8 Å². The van der Waals surface area contributed by atoms with Crippen LogP contribution in [0.3, 0.4) is 0 Å². The van der Waals surface area contributed by atoms with Gasteiger partial charge in [0.2, 0.25) is 5.91 Å². The lowest BCUT2D eigenvalue weighted by atomic mass is 10.1. The minimum atomic E-state index is -0.383. The van der Waals surface area contributed by atoms with Crippen LogP contribution in [0.25, 0.3) is 10.8 Å². The van der Waals surface area contributed by atoms with Gasteiger partial charge < -0.3 is 15.7 Å². The lowest BCUT2D eigenvalue weighted by Gasteiger charge is -2.08. The molecule has 3 N–H and O–H groups in total. The molecule has 0 aliphatic rings. The van der Waals surface area contributed by atoms with E-state index in [0.29, 0.717) is 29.0 Å². The summed E-state index contributed by atoms with van der Waals surface area (Å²) in [6, 6.07) is 20.2. The number of rotatable bonds is 6. The third kappa shape index (κ3) is 4.47. The average molecular weight is 417 g/mol. The van der Waals surface area contributed by atoms with E-state index in [1.54, 1.807) is 35.7 Å². The molecule has 4 rings (SSSR count). The van der Waals surface area contributed by atoms with E-state index in [1.807, 2.05) is 36.4 Å². The number of aromatic hydroxyl groups is 1. The molecular formula is C23H19N3O3S. The van der Waals surface area contributed by atoms with Gasteiger partial charge in [0.1, 0.15) is 11.4 Å². The van der Waals surface area contributed by atoms with Crippen molar-refractivity contribution in [3.63, 3.8) is 0 Å². The number of carbonyl (C=O) groups excluding carboxylic acids is 2. The first kappa shape index (κ1) is 19.6. The Morgan fingerprint density at radius 2 is 1.67 bits per heavy atom. The number of benzene rings is 3. The van der Waals surface area contributed by atoms with E-state index < -0.39 is 0 Å². The van der Waals surface area contributed by atoms with Crippen LogP contribution in [0, 0.1) is 0 Å². The standard InChI is InChI=1S/C23H19N3O3S/c27-20-11-5-8-16-17(20)9-4-10-18(16)24-22(29)19-14-30-23(25-19)26-21(28)13-12-15-6-2-1-3-7-15/h1-11,14,27H,12-13H2,(H,24,29)(H,25,26,28). The normalized spacial score (nSPS) is 10.7. The summed E-state index contributed by atoms with van der Waals surface area (Å²) in [5.74, 6) is -0.380. The molecule has 2 amide bonds. The van der Waals surface area contributed by atoms with Gasteiger partial charge in [-0.3, -0.25) is 9.59 Å². The van der Waals surface area contributed by atoms with Crippen molar-refractivity contribution in [2.24, 2.45) is 0 Å². The van der Waals surface area contributed by atoms with Crippen molar-refractivity contribution < 1.29 is 14.7 Å². The fraction of sp³-hybridized carbons (Fsp3) is 0.0870. The quantitative estimate of drug-likeness (QED) is 0.419. The largest absolute Gasteiger partial charge is 0.507 e. The fourth-order valence-corrected chi connectivity index (χ4v) is 3.82. The predicted molar refractivity (Wildman–Crippen MR) is 119 cm³/mol. The molecule has 0 unspecified atom stereocenters. The van der Waals surface area contributed by atoms with Gasteiger partial charge in [-0.15, -0.1) is 11.3 Å². The fourth-order valence-electron chi connectivity index (χ4n) is 3.11. The van der Waals surface area contributed by atoms with Crippen molar-refractivity contribution in [3.8, 4) is 5.75 Å². The second-order valence-electron chi connectivity index (χ2n) is 6.70. The molecule has 0 fully saturated rings. The first-order valence-electron chi connectivity index (χ1n) is 9.41. The molecule has 1 heterocycles. The first-order chi connectivity index (χ1) is 14.6. The molecule has 4 aromatic rings. The zero-order chi connectivity index (χ0) is 20.9. The number of aryl methyl sites for hydroxylation is 1. The number of nitrogens with zero attached hydrogens (tertiary/aromatic N) is 1. The van der Waals surface area contributed by atoms with Crippen LogP contribution in [0.2, 0.25) is 0 Å². The molecule has 0 aliphatic heterocycles. The SMILES string of the molecule is O=C(CCc1ccccc1)Nc1nc(C(=O)Nc2cccc3c(O)cccc23)cs1. The molecule has 3 aromatic carbocycles. The first-order valence-corrected chi connectivity index (χ1v) is 10.3.